The topological polar surface area (TPSA) is 126 Å². The first kappa shape index (κ1) is 26.2. The Balaban J connectivity index is 1.76. The molecule has 0 unspecified atom stereocenters. The molecule has 1 N–H and O–H groups in total. The van der Waals surface area contributed by atoms with E-state index in [1.165, 1.54) is 38.5 Å². The predicted octanol–water partition coefficient (Wildman–Crippen LogP) is 6.49. The molecule has 0 amide bonds. The van der Waals surface area contributed by atoms with Gasteiger partial charge in [-0.25, -0.2) is 0 Å². The van der Waals surface area contributed by atoms with Gasteiger partial charge in [0.25, 0.3) is 5.69 Å². The largest absolute Gasteiger partial charge is 0.494 e. The smallest absolute Gasteiger partial charge is 0.269 e. The van der Waals surface area contributed by atoms with E-state index in [0.29, 0.717) is 34.2 Å². The van der Waals surface area contributed by atoms with Crippen molar-refractivity contribution in [3.05, 3.63) is 70.8 Å². The number of non-ortho nitro benzene ring substituents is 1. The maximum atomic E-state index is 10.8. The van der Waals surface area contributed by atoms with Crippen molar-refractivity contribution in [2.75, 3.05) is 46.3 Å². The second kappa shape index (κ2) is 12.9. The van der Waals surface area contributed by atoms with Crippen LogP contribution < -0.4 is 19.7 Å². The van der Waals surface area contributed by atoms with E-state index in [1.54, 1.807) is 12.1 Å². The van der Waals surface area contributed by atoms with Gasteiger partial charge in [0.1, 0.15) is 22.9 Å². The first-order chi connectivity index (χ1) is 17.4. The lowest BCUT2D eigenvalue weighted by atomic mass is 10.2. The second-order valence-corrected chi connectivity index (χ2v) is 7.76. The van der Waals surface area contributed by atoms with Crippen LogP contribution in [-0.4, -0.2) is 46.3 Å². The van der Waals surface area contributed by atoms with Gasteiger partial charge in [0.2, 0.25) is 0 Å². The van der Waals surface area contributed by atoms with E-state index in [-0.39, 0.29) is 5.69 Å². The van der Waals surface area contributed by atoms with Gasteiger partial charge in [0, 0.05) is 43.5 Å². The lowest BCUT2D eigenvalue weighted by Gasteiger charge is -2.19. The molecule has 11 heteroatoms. The number of nitro groups is 1. The molecule has 3 rings (SSSR count). The highest BCUT2D eigenvalue weighted by molar-refractivity contribution is 5.66. The van der Waals surface area contributed by atoms with Gasteiger partial charge in [0.05, 0.1) is 30.5 Å². The first-order valence-corrected chi connectivity index (χ1v) is 11.2. The van der Waals surface area contributed by atoms with Crippen molar-refractivity contribution in [1.29, 1.82) is 0 Å². The van der Waals surface area contributed by atoms with Gasteiger partial charge in [-0.3, -0.25) is 10.1 Å². The van der Waals surface area contributed by atoms with Gasteiger partial charge < -0.3 is 19.7 Å². The Morgan fingerprint density at radius 3 is 1.81 bits per heavy atom. The van der Waals surface area contributed by atoms with Crippen LogP contribution in [0.15, 0.2) is 81.1 Å². The van der Waals surface area contributed by atoms with Gasteiger partial charge in [-0.2, -0.15) is 10.2 Å². The Hall–Kier alpha value is -4.38. The van der Waals surface area contributed by atoms with Crippen LogP contribution >= 0.6 is 0 Å². The quantitative estimate of drug-likeness (QED) is 0.134. The highest BCUT2D eigenvalue weighted by atomic mass is 16.6. The summed E-state index contributed by atoms with van der Waals surface area (Å²) in [6.07, 6.45) is 1.06. The molecule has 0 aliphatic rings. The van der Waals surface area contributed by atoms with Crippen LogP contribution in [-0.2, 0) is 0 Å². The van der Waals surface area contributed by atoms with Crippen molar-refractivity contribution in [2.24, 2.45) is 20.5 Å². The Morgan fingerprint density at radius 2 is 1.36 bits per heavy atom. The predicted molar refractivity (Wildman–Crippen MR) is 139 cm³/mol. The van der Waals surface area contributed by atoms with Crippen LogP contribution in [0.4, 0.5) is 34.1 Å². The average Bonchev–Trinajstić information content (AvgIpc) is 2.91. The minimum Gasteiger partial charge on any atom is -0.494 e. The summed E-state index contributed by atoms with van der Waals surface area (Å²) in [6, 6.07) is 16.9. The molecule has 0 radical (unpaired) electrons. The summed E-state index contributed by atoms with van der Waals surface area (Å²) < 4.78 is 10.9. The number of benzene rings is 3. The summed E-state index contributed by atoms with van der Waals surface area (Å²) in [7, 11) is 7.05. The number of ether oxygens (including phenoxy) is 2. The van der Waals surface area contributed by atoms with Gasteiger partial charge in [-0.1, -0.05) is 0 Å². The van der Waals surface area contributed by atoms with Crippen molar-refractivity contribution >= 4 is 34.1 Å². The summed E-state index contributed by atoms with van der Waals surface area (Å²) >= 11 is 0. The van der Waals surface area contributed by atoms with Gasteiger partial charge in [0.15, 0.2) is 0 Å². The minimum absolute atomic E-state index is 0.0194. The lowest BCUT2D eigenvalue weighted by Crippen LogP contribution is -2.21. The molecule has 0 bridgehead atoms. The molecule has 0 heterocycles. The molecule has 36 heavy (non-hydrogen) atoms. The zero-order valence-corrected chi connectivity index (χ0v) is 20.7. The summed E-state index contributed by atoms with van der Waals surface area (Å²) in [5, 5.41) is 31.0. The highest BCUT2D eigenvalue weighted by Crippen LogP contribution is 2.41. The molecule has 11 nitrogen and oxygen atoms in total. The molecule has 0 fully saturated rings. The third-order valence-corrected chi connectivity index (χ3v) is 5.30. The van der Waals surface area contributed by atoms with Crippen LogP contribution in [0.25, 0.3) is 0 Å². The fourth-order valence-electron chi connectivity index (χ4n) is 3.28. The summed E-state index contributed by atoms with van der Waals surface area (Å²) in [5.74, 6) is 0.868. The molecular weight excluding hydrogens is 462 g/mol. The summed E-state index contributed by atoms with van der Waals surface area (Å²) in [5.41, 5.74) is 3.13. The van der Waals surface area contributed by atoms with Crippen LogP contribution in [0.3, 0.4) is 0 Å². The average molecular weight is 492 g/mol. The number of nitro benzene ring substituents is 1. The van der Waals surface area contributed by atoms with Gasteiger partial charge in [-0.05, 0) is 56.4 Å². The van der Waals surface area contributed by atoms with E-state index in [1.807, 2.05) is 31.3 Å². The summed E-state index contributed by atoms with van der Waals surface area (Å²) in [6.45, 7) is 1.92. The summed E-state index contributed by atoms with van der Waals surface area (Å²) in [4.78, 5) is 12.5. The Morgan fingerprint density at radius 1 is 0.861 bits per heavy atom. The van der Waals surface area contributed by atoms with Gasteiger partial charge in [-0.15, -0.1) is 10.2 Å². The number of hydrogen-bond donors (Lipinski definition) is 1. The van der Waals surface area contributed by atoms with Crippen LogP contribution in [0.2, 0.25) is 0 Å². The molecule has 3 aromatic rings. The molecule has 0 atom stereocenters. The zero-order chi connectivity index (χ0) is 25.9. The molecule has 0 saturated heterocycles. The van der Waals surface area contributed by atoms with E-state index in [9.17, 15) is 10.1 Å². The van der Waals surface area contributed by atoms with E-state index < -0.39 is 4.92 Å². The fraction of sp³-hybridized carbons (Fsp3) is 0.280. The number of azo groups is 2. The van der Waals surface area contributed by atoms with Crippen LogP contribution in [0, 0.1) is 10.1 Å². The van der Waals surface area contributed by atoms with E-state index in [0.717, 1.165) is 25.2 Å². The highest BCUT2D eigenvalue weighted by Gasteiger charge is 2.12. The number of nitrogens with one attached hydrogen (secondary N) is 1. The first-order valence-electron chi connectivity index (χ1n) is 11.2. The molecule has 0 spiro atoms. The second-order valence-electron chi connectivity index (χ2n) is 7.76. The van der Waals surface area contributed by atoms with Crippen molar-refractivity contribution in [1.82, 2.24) is 5.32 Å². The molecular formula is C25H29N7O4. The molecule has 0 aliphatic heterocycles. The van der Waals surface area contributed by atoms with E-state index >= 15 is 0 Å². The van der Waals surface area contributed by atoms with Crippen LogP contribution in [0.1, 0.15) is 6.42 Å². The normalized spacial score (nSPS) is 11.2. The number of hydrogen-bond acceptors (Lipinski definition) is 10. The van der Waals surface area contributed by atoms with Gasteiger partial charge >= 0.3 is 0 Å². The number of nitrogens with zero attached hydrogens (tertiary/aromatic N) is 6. The standard InChI is InChI=1S/C25H29N7O4/c1-26-14-5-15-31(2)20-10-6-18(7-11-20)27-29-22-16-25(36-4)23(17-24(22)35-3)30-28-19-8-12-21(13-9-19)32(33)34/h6-13,16-17,26H,5,14-15H2,1-4H3/b29-27+,30-28+. The van der Waals surface area contributed by atoms with Crippen molar-refractivity contribution in [3.8, 4) is 11.5 Å². The Labute approximate surface area is 209 Å². The van der Waals surface area contributed by atoms with Crippen molar-refractivity contribution in [3.63, 3.8) is 0 Å². The Bertz CT molecular complexity index is 1210. The van der Waals surface area contributed by atoms with E-state index in [2.05, 4.69) is 37.7 Å². The van der Waals surface area contributed by atoms with E-state index in [4.69, 9.17) is 9.47 Å². The number of anilines is 1. The molecule has 0 aliphatic carbocycles. The molecule has 188 valence electrons. The van der Waals surface area contributed by atoms with Crippen LogP contribution in [0.5, 0.6) is 11.5 Å². The SMILES string of the molecule is CNCCCN(C)c1ccc(/N=N/c2cc(OC)c(/N=N/c3ccc([N+](=O)[O-])cc3)cc2OC)cc1. The number of rotatable bonds is 12. The maximum absolute atomic E-state index is 10.8. The number of methoxy groups -OCH3 is 2. The fourth-order valence-corrected chi connectivity index (χ4v) is 3.28. The third kappa shape index (κ3) is 7.06. The van der Waals surface area contributed by atoms with Crippen molar-refractivity contribution in [2.45, 2.75) is 6.42 Å². The minimum atomic E-state index is -0.471. The third-order valence-electron chi connectivity index (χ3n) is 5.30. The van der Waals surface area contributed by atoms with Crippen molar-refractivity contribution < 1.29 is 14.4 Å². The zero-order valence-electron chi connectivity index (χ0n) is 20.7. The molecule has 0 aromatic heterocycles. The molecule has 0 saturated carbocycles. The Kier molecular flexibility index (Phi) is 9.40. The molecule has 3 aromatic carbocycles. The monoisotopic (exact) mass is 491 g/mol. The lowest BCUT2D eigenvalue weighted by molar-refractivity contribution is -0.384. The maximum Gasteiger partial charge on any atom is 0.269 e.